The standard InChI is InChI=1S/C22H18N2O2S/c1-15-11-12-18-20(13-15)27-22(23-18)24-21(25)14-26-19-10-6-5-9-17(19)16-7-3-2-4-8-16/h2-13H,14H2,1H3,(H,23,24,25). The summed E-state index contributed by atoms with van der Waals surface area (Å²) in [6.07, 6.45) is 0. The van der Waals surface area contributed by atoms with Crippen molar-refractivity contribution in [1.29, 1.82) is 0 Å². The van der Waals surface area contributed by atoms with Crippen molar-refractivity contribution in [2.45, 2.75) is 6.92 Å². The number of anilines is 1. The van der Waals surface area contributed by atoms with Gasteiger partial charge in [0, 0.05) is 5.56 Å². The van der Waals surface area contributed by atoms with Crippen LogP contribution in [0, 0.1) is 6.92 Å². The molecule has 0 fully saturated rings. The summed E-state index contributed by atoms with van der Waals surface area (Å²) < 4.78 is 6.84. The Hall–Kier alpha value is -3.18. The Morgan fingerprint density at radius 2 is 1.81 bits per heavy atom. The molecule has 5 heteroatoms. The number of carbonyl (C=O) groups excluding carboxylic acids is 1. The number of aromatic nitrogens is 1. The summed E-state index contributed by atoms with van der Waals surface area (Å²) in [7, 11) is 0. The zero-order valence-electron chi connectivity index (χ0n) is 14.8. The van der Waals surface area contributed by atoms with Crippen LogP contribution in [0.2, 0.25) is 0 Å². The average molecular weight is 374 g/mol. The van der Waals surface area contributed by atoms with Crippen molar-refractivity contribution >= 4 is 32.6 Å². The van der Waals surface area contributed by atoms with Crippen LogP contribution in [-0.2, 0) is 4.79 Å². The smallest absolute Gasteiger partial charge is 0.264 e. The monoisotopic (exact) mass is 374 g/mol. The Kier molecular flexibility index (Phi) is 4.85. The lowest BCUT2D eigenvalue weighted by atomic mass is 10.1. The Morgan fingerprint density at radius 1 is 1.04 bits per heavy atom. The Morgan fingerprint density at radius 3 is 2.67 bits per heavy atom. The molecule has 0 aliphatic carbocycles. The molecule has 0 unspecified atom stereocenters. The summed E-state index contributed by atoms with van der Waals surface area (Å²) in [6, 6.07) is 23.7. The molecule has 1 N–H and O–H groups in total. The minimum atomic E-state index is -0.228. The van der Waals surface area contributed by atoms with Gasteiger partial charge in [0.15, 0.2) is 11.7 Å². The second kappa shape index (κ2) is 7.60. The summed E-state index contributed by atoms with van der Waals surface area (Å²) in [4.78, 5) is 16.8. The third-order valence-electron chi connectivity index (χ3n) is 4.12. The Labute approximate surface area is 161 Å². The molecular formula is C22H18N2O2S. The van der Waals surface area contributed by atoms with E-state index in [-0.39, 0.29) is 12.5 Å². The molecule has 27 heavy (non-hydrogen) atoms. The highest BCUT2D eigenvalue weighted by molar-refractivity contribution is 7.22. The van der Waals surface area contributed by atoms with Crippen LogP contribution in [0.25, 0.3) is 21.3 Å². The minimum Gasteiger partial charge on any atom is -0.483 e. The predicted octanol–water partition coefficient (Wildman–Crippen LogP) is 5.29. The first kappa shape index (κ1) is 17.2. The van der Waals surface area contributed by atoms with Crippen molar-refractivity contribution in [3.05, 3.63) is 78.4 Å². The number of ether oxygens (including phenoxy) is 1. The number of nitrogens with zero attached hydrogens (tertiary/aromatic N) is 1. The van der Waals surface area contributed by atoms with Crippen LogP contribution in [0.15, 0.2) is 72.8 Å². The molecule has 0 saturated carbocycles. The highest BCUT2D eigenvalue weighted by Gasteiger charge is 2.11. The number of rotatable bonds is 5. The fourth-order valence-electron chi connectivity index (χ4n) is 2.83. The first-order chi connectivity index (χ1) is 13.2. The lowest BCUT2D eigenvalue weighted by Gasteiger charge is -2.11. The zero-order chi connectivity index (χ0) is 18.6. The molecule has 4 aromatic rings. The van der Waals surface area contributed by atoms with E-state index in [1.807, 2.05) is 73.7 Å². The van der Waals surface area contributed by atoms with Crippen molar-refractivity contribution in [3.8, 4) is 16.9 Å². The molecule has 1 amide bonds. The van der Waals surface area contributed by atoms with Crippen LogP contribution in [0.5, 0.6) is 5.75 Å². The van der Waals surface area contributed by atoms with Gasteiger partial charge in [-0.15, -0.1) is 0 Å². The molecule has 0 aliphatic heterocycles. The first-order valence-electron chi connectivity index (χ1n) is 8.63. The predicted molar refractivity (Wildman–Crippen MR) is 110 cm³/mol. The molecule has 0 bridgehead atoms. The van der Waals surface area contributed by atoms with E-state index in [1.165, 1.54) is 16.9 Å². The number of hydrogen-bond donors (Lipinski definition) is 1. The van der Waals surface area contributed by atoms with Crippen LogP contribution in [0.1, 0.15) is 5.56 Å². The highest BCUT2D eigenvalue weighted by Crippen LogP contribution is 2.30. The van der Waals surface area contributed by atoms with Crippen molar-refractivity contribution in [2.24, 2.45) is 0 Å². The van der Waals surface area contributed by atoms with E-state index >= 15 is 0 Å². The molecular weight excluding hydrogens is 356 g/mol. The average Bonchev–Trinajstić information content (AvgIpc) is 3.08. The molecule has 134 valence electrons. The molecule has 4 rings (SSSR count). The second-order valence-corrected chi connectivity index (χ2v) is 7.22. The molecule has 3 aromatic carbocycles. The number of nitrogens with one attached hydrogen (secondary N) is 1. The van der Waals surface area contributed by atoms with Crippen molar-refractivity contribution < 1.29 is 9.53 Å². The normalized spacial score (nSPS) is 10.7. The molecule has 1 aromatic heterocycles. The van der Waals surface area contributed by atoms with Crippen LogP contribution < -0.4 is 10.1 Å². The maximum Gasteiger partial charge on any atom is 0.264 e. The van der Waals surface area contributed by atoms with Gasteiger partial charge in [0.1, 0.15) is 5.75 Å². The lowest BCUT2D eigenvalue weighted by Crippen LogP contribution is -2.20. The van der Waals surface area contributed by atoms with E-state index in [0.717, 1.165) is 21.3 Å². The van der Waals surface area contributed by atoms with E-state index in [9.17, 15) is 4.79 Å². The molecule has 0 atom stereocenters. The molecule has 0 saturated heterocycles. The number of benzene rings is 3. The van der Waals surface area contributed by atoms with Gasteiger partial charge in [-0.1, -0.05) is 65.9 Å². The first-order valence-corrected chi connectivity index (χ1v) is 9.45. The third-order valence-corrected chi connectivity index (χ3v) is 5.05. The zero-order valence-corrected chi connectivity index (χ0v) is 15.6. The quantitative estimate of drug-likeness (QED) is 0.516. The summed E-state index contributed by atoms with van der Waals surface area (Å²) >= 11 is 1.46. The Balaban J connectivity index is 1.45. The fraction of sp³-hybridized carbons (Fsp3) is 0.0909. The van der Waals surface area contributed by atoms with Gasteiger partial charge in [-0.2, -0.15) is 0 Å². The largest absolute Gasteiger partial charge is 0.483 e. The van der Waals surface area contributed by atoms with E-state index in [2.05, 4.69) is 16.4 Å². The summed E-state index contributed by atoms with van der Waals surface area (Å²) in [6.45, 7) is 1.97. The van der Waals surface area contributed by atoms with Gasteiger partial charge in [0.2, 0.25) is 0 Å². The van der Waals surface area contributed by atoms with E-state index < -0.39 is 0 Å². The second-order valence-electron chi connectivity index (χ2n) is 6.19. The van der Waals surface area contributed by atoms with Gasteiger partial charge in [-0.3, -0.25) is 10.1 Å². The third kappa shape index (κ3) is 3.99. The van der Waals surface area contributed by atoms with Crippen LogP contribution in [0.3, 0.4) is 0 Å². The minimum absolute atomic E-state index is 0.0706. The molecule has 0 spiro atoms. The maximum absolute atomic E-state index is 12.3. The van der Waals surface area contributed by atoms with Gasteiger partial charge in [0.05, 0.1) is 10.2 Å². The number of para-hydroxylation sites is 1. The van der Waals surface area contributed by atoms with Crippen molar-refractivity contribution in [3.63, 3.8) is 0 Å². The number of aryl methyl sites for hydroxylation is 1. The number of thiazole rings is 1. The number of fused-ring (bicyclic) bond motifs is 1. The van der Waals surface area contributed by atoms with E-state index in [0.29, 0.717) is 10.9 Å². The molecule has 0 aliphatic rings. The molecule has 4 nitrogen and oxygen atoms in total. The van der Waals surface area contributed by atoms with Gasteiger partial charge in [0.25, 0.3) is 5.91 Å². The topological polar surface area (TPSA) is 51.2 Å². The van der Waals surface area contributed by atoms with Gasteiger partial charge in [-0.25, -0.2) is 4.98 Å². The van der Waals surface area contributed by atoms with Crippen molar-refractivity contribution in [1.82, 2.24) is 4.98 Å². The number of hydrogen-bond acceptors (Lipinski definition) is 4. The van der Waals surface area contributed by atoms with Crippen LogP contribution in [-0.4, -0.2) is 17.5 Å². The Bertz CT molecular complexity index is 1090. The molecule has 0 radical (unpaired) electrons. The number of amides is 1. The number of carbonyl (C=O) groups is 1. The van der Waals surface area contributed by atoms with Gasteiger partial charge >= 0.3 is 0 Å². The summed E-state index contributed by atoms with van der Waals surface area (Å²) in [5, 5.41) is 3.41. The van der Waals surface area contributed by atoms with E-state index in [4.69, 9.17) is 4.74 Å². The van der Waals surface area contributed by atoms with Crippen LogP contribution in [0.4, 0.5) is 5.13 Å². The maximum atomic E-state index is 12.3. The molecule has 1 heterocycles. The lowest BCUT2D eigenvalue weighted by molar-refractivity contribution is -0.118. The van der Waals surface area contributed by atoms with E-state index in [1.54, 1.807) is 0 Å². The van der Waals surface area contributed by atoms with Gasteiger partial charge in [-0.05, 0) is 36.2 Å². The highest BCUT2D eigenvalue weighted by atomic mass is 32.1. The van der Waals surface area contributed by atoms with Gasteiger partial charge < -0.3 is 4.74 Å². The van der Waals surface area contributed by atoms with Crippen LogP contribution >= 0.6 is 11.3 Å². The summed E-state index contributed by atoms with van der Waals surface area (Å²) in [5.74, 6) is 0.451. The summed E-state index contributed by atoms with van der Waals surface area (Å²) in [5.41, 5.74) is 4.07. The van der Waals surface area contributed by atoms with Crippen molar-refractivity contribution in [2.75, 3.05) is 11.9 Å². The fourth-order valence-corrected chi connectivity index (χ4v) is 3.81. The SMILES string of the molecule is Cc1ccc2nc(NC(=O)COc3ccccc3-c3ccccc3)sc2c1.